The number of alkyl carbamates (subject to hydrolysis) is 1. The van der Waals surface area contributed by atoms with E-state index in [1.54, 1.807) is 0 Å². The van der Waals surface area contributed by atoms with Crippen molar-refractivity contribution in [2.75, 3.05) is 7.11 Å². The van der Waals surface area contributed by atoms with Crippen LogP contribution < -0.4 is 5.32 Å². The van der Waals surface area contributed by atoms with Gasteiger partial charge in [-0.3, -0.25) is 0 Å². The first-order valence-electron chi connectivity index (χ1n) is 2.51. The number of carbonyl (C=O) groups excluding carboxylic acids is 2. The van der Waals surface area contributed by atoms with E-state index in [2.05, 4.69) is 11.7 Å². The zero-order valence-electron chi connectivity index (χ0n) is 6.09. The van der Waals surface area contributed by atoms with Crippen molar-refractivity contribution in [3.05, 3.63) is 12.7 Å². The van der Waals surface area contributed by atoms with Gasteiger partial charge in [-0.05, 0) is 0 Å². The maximum absolute atomic E-state index is 10.3. The van der Waals surface area contributed by atoms with Crippen molar-refractivity contribution in [2.24, 2.45) is 0 Å². The molecule has 0 aliphatic carbocycles. The molecule has 0 aromatic rings. The molecule has 61 valence electrons. The van der Waals surface area contributed by atoms with Crippen LogP contribution in [0.25, 0.3) is 5.73 Å². The SMILES string of the molecule is [CH2-]C(NC(=O)OC)C([NH-])=O.[Y]. The number of hydrogen-bond acceptors (Lipinski definition) is 3. The summed E-state index contributed by atoms with van der Waals surface area (Å²) in [4.78, 5) is 20.4. The standard InChI is InChI=1S/C5H9N2O3.Y/c1-3(4(6)8)7-5(9)10-2;/h3H,1H2,2H3,(H3,6,7,8,9);/q-1;/p-1. The minimum Gasteiger partial charge on any atom is -0.668 e. The van der Waals surface area contributed by atoms with Gasteiger partial charge in [0.1, 0.15) is 0 Å². The fourth-order valence-corrected chi connectivity index (χ4v) is 0.267. The monoisotopic (exact) mass is 233 g/mol. The van der Waals surface area contributed by atoms with Gasteiger partial charge < -0.3 is 27.5 Å². The molecule has 0 fully saturated rings. The molecule has 0 saturated heterocycles. The maximum atomic E-state index is 10.3. The van der Waals surface area contributed by atoms with Gasteiger partial charge in [-0.2, -0.15) is 0 Å². The Kier molecular flexibility index (Phi) is 8.00. The summed E-state index contributed by atoms with van der Waals surface area (Å²) in [5.74, 6) is -0.953. The third kappa shape index (κ3) is 6.25. The Morgan fingerprint density at radius 3 is 2.36 bits per heavy atom. The second kappa shape index (κ2) is 6.55. The van der Waals surface area contributed by atoms with Gasteiger partial charge in [0.25, 0.3) is 0 Å². The molecule has 0 spiro atoms. The number of methoxy groups -OCH3 is 1. The van der Waals surface area contributed by atoms with Crippen LogP contribution in [0.4, 0.5) is 4.79 Å². The van der Waals surface area contributed by atoms with E-state index in [0.29, 0.717) is 0 Å². The summed E-state index contributed by atoms with van der Waals surface area (Å²) < 4.78 is 4.15. The summed E-state index contributed by atoms with van der Waals surface area (Å²) in [6.45, 7) is 3.18. The third-order valence-corrected chi connectivity index (χ3v) is 0.794. The summed E-state index contributed by atoms with van der Waals surface area (Å²) in [5.41, 5.74) is 6.48. The second-order valence-corrected chi connectivity index (χ2v) is 1.55. The first-order valence-corrected chi connectivity index (χ1v) is 2.51. The molecule has 0 heterocycles. The molecule has 5 nitrogen and oxygen atoms in total. The van der Waals surface area contributed by atoms with Crippen LogP contribution in [0.3, 0.4) is 0 Å². The van der Waals surface area contributed by atoms with Crippen molar-refractivity contribution in [1.82, 2.24) is 5.32 Å². The molecule has 2 N–H and O–H groups in total. The molecular weight excluding hydrogens is 225 g/mol. The van der Waals surface area contributed by atoms with Crippen LogP contribution in [0.1, 0.15) is 0 Å². The molecule has 0 saturated carbocycles. The van der Waals surface area contributed by atoms with Gasteiger partial charge in [0, 0.05) is 38.6 Å². The topological polar surface area (TPSA) is 79.2 Å². The summed E-state index contributed by atoms with van der Waals surface area (Å²) in [7, 11) is 1.16. The quantitative estimate of drug-likeness (QED) is 0.688. The number of carbonyl (C=O) groups is 2. The molecule has 0 bridgehead atoms. The predicted octanol–water partition coefficient (Wildman–Crippen LogP) is 0.121. The number of ether oxygens (including phenoxy) is 1. The van der Waals surface area contributed by atoms with Crippen molar-refractivity contribution in [3.8, 4) is 0 Å². The van der Waals surface area contributed by atoms with E-state index in [0.717, 1.165) is 7.11 Å². The maximum Gasteiger partial charge on any atom is 0.404 e. The Bertz CT molecular complexity index is 151. The van der Waals surface area contributed by atoms with E-state index in [9.17, 15) is 9.59 Å². The summed E-state index contributed by atoms with van der Waals surface area (Å²) >= 11 is 0. The van der Waals surface area contributed by atoms with Crippen molar-refractivity contribution < 1.29 is 47.0 Å². The molecule has 0 aliphatic heterocycles. The van der Waals surface area contributed by atoms with Gasteiger partial charge in [0.05, 0.1) is 7.11 Å². The van der Waals surface area contributed by atoms with Crippen LogP contribution in [0.5, 0.6) is 0 Å². The minimum absolute atomic E-state index is 0. The molecule has 0 aromatic carbocycles. The van der Waals surface area contributed by atoms with Gasteiger partial charge in [0.2, 0.25) is 0 Å². The Labute approximate surface area is 89.9 Å². The number of nitrogens with one attached hydrogen (secondary N) is 2. The fraction of sp³-hybridized carbons (Fsp3) is 0.400. The summed E-state index contributed by atoms with van der Waals surface area (Å²) in [6.07, 6.45) is -0.763. The second-order valence-electron chi connectivity index (χ2n) is 1.55. The summed E-state index contributed by atoms with van der Waals surface area (Å²) in [5, 5.41) is 2.02. The average molecular weight is 233 g/mol. The Balaban J connectivity index is 0. The molecular formula is C5H8N2O3Y-2. The average Bonchev–Trinajstić information content (AvgIpc) is 1.87. The molecule has 0 rings (SSSR count). The largest absolute Gasteiger partial charge is 0.668 e. The van der Waals surface area contributed by atoms with Crippen molar-refractivity contribution in [3.63, 3.8) is 0 Å². The van der Waals surface area contributed by atoms with Crippen molar-refractivity contribution in [2.45, 2.75) is 6.04 Å². The summed E-state index contributed by atoms with van der Waals surface area (Å²) in [6, 6.07) is -1.05. The molecule has 2 amide bonds. The van der Waals surface area contributed by atoms with Crippen LogP contribution in [-0.4, -0.2) is 25.2 Å². The van der Waals surface area contributed by atoms with E-state index in [1.807, 2.05) is 5.32 Å². The van der Waals surface area contributed by atoms with Gasteiger partial charge >= 0.3 is 6.09 Å². The molecule has 1 radical (unpaired) electrons. The molecule has 6 heteroatoms. The van der Waals surface area contributed by atoms with Gasteiger partial charge in [-0.15, -0.1) is 0 Å². The number of amides is 2. The van der Waals surface area contributed by atoms with Gasteiger partial charge in [-0.25, -0.2) is 4.79 Å². The molecule has 0 aliphatic rings. The molecule has 0 aromatic heterocycles. The van der Waals surface area contributed by atoms with Crippen molar-refractivity contribution in [1.29, 1.82) is 0 Å². The third-order valence-electron chi connectivity index (χ3n) is 0.794. The van der Waals surface area contributed by atoms with E-state index in [-0.39, 0.29) is 32.7 Å². The first-order chi connectivity index (χ1) is 4.57. The van der Waals surface area contributed by atoms with Gasteiger partial charge in [0.15, 0.2) is 0 Å². The Morgan fingerprint density at radius 1 is 1.64 bits per heavy atom. The number of rotatable bonds is 2. The van der Waals surface area contributed by atoms with E-state index >= 15 is 0 Å². The van der Waals surface area contributed by atoms with Crippen molar-refractivity contribution >= 4 is 12.0 Å². The fourth-order valence-electron chi connectivity index (χ4n) is 0.267. The van der Waals surface area contributed by atoms with Gasteiger partial charge in [-0.1, -0.05) is 6.04 Å². The van der Waals surface area contributed by atoms with E-state index < -0.39 is 18.0 Å². The zero-order chi connectivity index (χ0) is 8.15. The Morgan fingerprint density at radius 2 is 2.09 bits per heavy atom. The van der Waals surface area contributed by atoms with Crippen LogP contribution in [-0.2, 0) is 42.2 Å². The number of hydrogen-bond donors (Lipinski definition) is 1. The van der Waals surface area contributed by atoms with Crippen LogP contribution in [0.15, 0.2) is 0 Å². The molecule has 1 atom stereocenters. The predicted molar refractivity (Wildman–Crippen MR) is 34.0 cm³/mol. The minimum atomic E-state index is -1.05. The van der Waals surface area contributed by atoms with E-state index in [1.165, 1.54) is 0 Å². The van der Waals surface area contributed by atoms with E-state index in [4.69, 9.17) is 5.73 Å². The van der Waals surface area contributed by atoms with Crippen LogP contribution in [0, 0.1) is 6.92 Å². The molecule has 11 heavy (non-hydrogen) atoms. The first kappa shape index (κ1) is 13.4. The normalized spacial score (nSPS) is 10.7. The smallest absolute Gasteiger partial charge is 0.404 e. The Hall–Kier alpha value is -0.156. The zero-order valence-corrected chi connectivity index (χ0v) is 8.92. The molecule has 1 unspecified atom stereocenters. The van der Waals surface area contributed by atoms with Crippen LogP contribution in [0.2, 0.25) is 0 Å². The van der Waals surface area contributed by atoms with Crippen LogP contribution >= 0.6 is 0 Å².